The first kappa shape index (κ1) is 13.3. The molecule has 1 aromatic carbocycles. The minimum absolute atomic E-state index is 0.0167. The number of tetrazole rings is 1. The molecule has 2 aromatic heterocycles. The molecule has 2 heterocycles. The van der Waals surface area contributed by atoms with Gasteiger partial charge in [-0.1, -0.05) is 25.1 Å². The summed E-state index contributed by atoms with van der Waals surface area (Å²) in [5.41, 5.74) is 0.653. The number of hydrogen-bond acceptors (Lipinski definition) is 6. The minimum atomic E-state index is -0.530. The van der Waals surface area contributed by atoms with Gasteiger partial charge in [0, 0.05) is 11.9 Å². The zero-order chi connectivity index (χ0) is 14.7. The molecule has 0 unspecified atom stereocenters. The molecule has 7 heteroatoms. The molecule has 0 radical (unpaired) electrons. The van der Waals surface area contributed by atoms with Crippen molar-refractivity contribution < 1.29 is 13.9 Å². The largest absolute Gasteiger partial charge is 0.452 e. The van der Waals surface area contributed by atoms with Crippen LogP contribution in [0.5, 0.6) is 0 Å². The molecule has 21 heavy (non-hydrogen) atoms. The average Bonchev–Trinajstić information content (AvgIpc) is 3.11. The number of carbonyl (C=O) groups is 1. The fourth-order valence-corrected chi connectivity index (χ4v) is 2.00. The number of aromatic nitrogens is 4. The van der Waals surface area contributed by atoms with Crippen LogP contribution in [0.4, 0.5) is 0 Å². The number of furan rings is 1. The Morgan fingerprint density at radius 1 is 1.38 bits per heavy atom. The Labute approximate surface area is 120 Å². The van der Waals surface area contributed by atoms with Gasteiger partial charge in [-0.15, -0.1) is 5.10 Å². The lowest BCUT2D eigenvalue weighted by Crippen LogP contribution is -2.10. The van der Waals surface area contributed by atoms with Gasteiger partial charge < -0.3 is 9.15 Å². The highest BCUT2D eigenvalue weighted by Crippen LogP contribution is 2.19. The van der Waals surface area contributed by atoms with Crippen molar-refractivity contribution in [3.8, 4) is 0 Å². The molecular weight excluding hydrogens is 272 g/mol. The van der Waals surface area contributed by atoms with Crippen LogP contribution in [0.25, 0.3) is 11.0 Å². The summed E-state index contributed by atoms with van der Waals surface area (Å²) in [6.45, 7) is 2.72. The second-order valence-corrected chi connectivity index (χ2v) is 4.54. The van der Waals surface area contributed by atoms with Crippen molar-refractivity contribution in [3.63, 3.8) is 0 Å². The van der Waals surface area contributed by atoms with Crippen LogP contribution in [0.2, 0.25) is 0 Å². The molecule has 0 aliphatic heterocycles. The SMILES string of the molecule is CCCn1nnnc1COC(=O)c1cc2ccccc2o1. The highest BCUT2D eigenvalue weighted by atomic mass is 16.5. The number of aryl methyl sites for hydroxylation is 1. The van der Waals surface area contributed by atoms with Crippen LogP contribution in [-0.2, 0) is 17.9 Å². The van der Waals surface area contributed by atoms with Crippen LogP contribution in [0, 0.1) is 0 Å². The number of rotatable bonds is 5. The Balaban J connectivity index is 1.70. The fourth-order valence-electron chi connectivity index (χ4n) is 2.00. The van der Waals surface area contributed by atoms with E-state index in [0.29, 0.717) is 18.0 Å². The van der Waals surface area contributed by atoms with E-state index in [-0.39, 0.29) is 12.4 Å². The van der Waals surface area contributed by atoms with E-state index >= 15 is 0 Å². The number of nitrogens with zero attached hydrogens (tertiary/aromatic N) is 4. The number of hydrogen-bond donors (Lipinski definition) is 0. The maximum Gasteiger partial charge on any atom is 0.374 e. The number of esters is 1. The number of ether oxygens (including phenoxy) is 1. The van der Waals surface area contributed by atoms with E-state index in [4.69, 9.17) is 9.15 Å². The van der Waals surface area contributed by atoms with E-state index in [1.54, 1.807) is 16.8 Å². The lowest BCUT2D eigenvalue weighted by molar-refractivity contribution is 0.0422. The van der Waals surface area contributed by atoms with Crippen LogP contribution < -0.4 is 0 Å². The Morgan fingerprint density at radius 2 is 2.24 bits per heavy atom. The van der Waals surface area contributed by atoms with Crippen molar-refractivity contribution >= 4 is 16.9 Å². The molecule has 0 aliphatic carbocycles. The number of carbonyl (C=O) groups excluding carboxylic acids is 1. The Kier molecular flexibility index (Phi) is 3.63. The summed E-state index contributed by atoms with van der Waals surface area (Å²) in [5, 5.41) is 12.1. The molecule has 0 spiro atoms. The normalized spacial score (nSPS) is 10.9. The quantitative estimate of drug-likeness (QED) is 0.668. The molecule has 0 aliphatic rings. The zero-order valence-electron chi connectivity index (χ0n) is 11.5. The van der Waals surface area contributed by atoms with Crippen molar-refractivity contribution in [3.05, 3.63) is 41.9 Å². The molecule has 3 aromatic rings. The molecule has 0 saturated carbocycles. The minimum Gasteiger partial charge on any atom is -0.452 e. The third-order valence-corrected chi connectivity index (χ3v) is 3.00. The standard InChI is InChI=1S/C14H14N4O3/c1-2-7-18-13(15-16-17-18)9-20-14(19)12-8-10-5-3-4-6-11(10)21-12/h3-6,8H,2,7,9H2,1H3. The third-order valence-electron chi connectivity index (χ3n) is 3.00. The van der Waals surface area contributed by atoms with E-state index in [1.807, 2.05) is 25.1 Å². The Morgan fingerprint density at radius 3 is 3.05 bits per heavy atom. The predicted molar refractivity (Wildman–Crippen MR) is 73.4 cm³/mol. The van der Waals surface area contributed by atoms with Crippen LogP contribution >= 0.6 is 0 Å². The molecule has 0 amide bonds. The maximum atomic E-state index is 12.0. The van der Waals surface area contributed by atoms with Gasteiger partial charge in [0.15, 0.2) is 12.4 Å². The highest BCUT2D eigenvalue weighted by Gasteiger charge is 2.15. The van der Waals surface area contributed by atoms with Gasteiger partial charge in [0.1, 0.15) is 5.58 Å². The first-order chi connectivity index (χ1) is 10.3. The number of fused-ring (bicyclic) bond motifs is 1. The van der Waals surface area contributed by atoms with Gasteiger partial charge in [-0.05, 0) is 29.0 Å². The van der Waals surface area contributed by atoms with Gasteiger partial charge in [-0.25, -0.2) is 9.48 Å². The van der Waals surface area contributed by atoms with Crippen molar-refractivity contribution in [1.29, 1.82) is 0 Å². The van der Waals surface area contributed by atoms with E-state index in [9.17, 15) is 4.79 Å². The molecule has 3 rings (SSSR count). The lowest BCUT2D eigenvalue weighted by Gasteiger charge is -2.03. The van der Waals surface area contributed by atoms with Gasteiger partial charge in [-0.2, -0.15) is 0 Å². The highest BCUT2D eigenvalue weighted by molar-refractivity contribution is 5.92. The lowest BCUT2D eigenvalue weighted by atomic mass is 10.2. The van der Waals surface area contributed by atoms with Crippen LogP contribution in [0.3, 0.4) is 0 Å². The van der Waals surface area contributed by atoms with Gasteiger partial charge in [0.2, 0.25) is 5.76 Å². The van der Waals surface area contributed by atoms with Gasteiger partial charge >= 0.3 is 5.97 Å². The summed E-state index contributed by atoms with van der Waals surface area (Å²) in [6, 6.07) is 9.06. The Bertz CT molecular complexity index is 729. The summed E-state index contributed by atoms with van der Waals surface area (Å²) >= 11 is 0. The van der Waals surface area contributed by atoms with E-state index in [2.05, 4.69) is 15.5 Å². The van der Waals surface area contributed by atoms with Gasteiger partial charge in [0.25, 0.3) is 0 Å². The molecule has 0 saturated heterocycles. The Hall–Kier alpha value is -2.70. The topological polar surface area (TPSA) is 83.0 Å². The van der Waals surface area contributed by atoms with Crippen molar-refractivity contribution in [2.75, 3.05) is 0 Å². The second-order valence-electron chi connectivity index (χ2n) is 4.54. The monoisotopic (exact) mass is 286 g/mol. The summed E-state index contributed by atoms with van der Waals surface area (Å²) in [7, 11) is 0. The van der Waals surface area contributed by atoms with E-state index in [0.717, 1.165) is 11.8 Å². The van der Waals surface area contributed by atoms with E-state index in [1.165, 1.54) is 0 Å². The van der Waals surface area contributed by atoms with Crippen molar-refractivity contribution in [1.82, 2.24) is 20.2 Å². The molecule has 0 bridgehead atoms. The van der Waals surface area contributed by atoms with Gasteiger partial charge in [-0.3, -0.25) is 0 Å². The molecule has 7 nitrogen and oxygen atoms in total. The number of benzene rings is 1. The first-order valence-corrected chi connectivity index (χ1v) is 6.68. The smallest absolute Gasteiger partial charge is 0.374 e. The van der Waals surface area contributed by atoms with E-state index < -0.39 is 5.97 Å². The molecule has 0 N–H and O–H groups in total. The van der Waals surface area contributed by atoms with Gasteiger partial charge in [0.05, 0.1) is 0 Å². The molecule has 0 atom stereocenters. The van der Waals surface area contributed by atoms with Crippen LogP contribution in [0.15, 0.2) is 34.7 Å². The summed E-state index contributed by atoms with van der Waals surface area (Å²) < 4.78 is 12.3. The van der Waals surface area contributed by atoms with Crippen molar-refractivity contribution in [2.45, 2.75) is 26.5 Å². The predicted octanol–water partition coefficient (Wildman–Crippen LogP) is 2.19. The number of para-hydroxylation sites is 1. The summed E-state index contributed by atoms with van der Waals surface area (Å²) in [5.74, 6) is 0.157. The zero-order valence-corrected chi connectivity index (χ0v) is 11.5. The fraction of sp³-hybridized carbons (Fsp3) is 0.286. The third kappa shape index (κ3) is 2.76. The molecule has 108 valence electrons. The maximum absolute atomic E-state index is 12.0. The summed E-state index contributed by atoms with van der Waals surface area (Å²) in [6.07, 6.45) is 0.898. The van der Waals surface area contributed by atoms with Crippen LogP contribution in [-0.4, -0.2) is 26.2 Å². The van der Waals surface area contributed by atoms with Crippen molar-refractivity contribution in [2.24, 2.45) is 0 Å². The molecule has 0 fully saturated rings. The average molecular weight is 286 g/mol. The molecular formula is C14H14N4O3. The summed E-state index contributed by atoms with van der Waals surface area (Å²) in [4.78, 5) is 12.0. The van der Waals surface area contributed by atoms with Crippen LogP contribution in [0.1, 0.15) is 29.7 Å². The second kappa shape index (κ2) is 5.74. The first-order valence-electron chi connectivity index (χ1n) is 6.68.